The fourth-order valence-corrected chi connectivity index (χ4v) is 2.21. The van der Waals surface area contributed by atoms with E-state index >= 15 is 0 Å². The minimum Gasteiger partial charge on any atom is -0.393 e. The van der Waals surface area contributed by atoms with Crippen molar-refractivity contribution in [1.29, 1.82) is 0 Å². The van der Waals surface area contributed by atoms with Gasteiger partial charge in [0.2, 0.25) is 5.79 Å². The van der Waals surface area contributed by atoms with Crippen molar-refractivity contribution < 1.29 is 29.2 Å². The molecule has 0 aromatic heterocycles. The molecule has 0 aromatic carbocycles. The third-order valence-corrected chi connectivity index (χ3v) is 2.69. The fourth-order valence-electron chi connectivity index (χ4n) is 2.21. The van der Waals surface area contributed by atoms with E-state index in [0.717, 1.165) is 0 Å². The zero-order valence-electron chi connectivity index (χ0n) is 11.4. The summed E-state index contributed by atoms with van der Waals surface area (Å²) in [4.78, 5) is 3.72. The van der Waals surface area contributed by atoms with Gasteiger partial charge >= 0.3 is 0 Å². The van der Waals surface area contributed by atoms with Crippen molar-refractivity contribution in [2.45, 2.75) is 76.8 Å². The summed E-state index contributed by atoms with van der Waals surface area (Å²) in [6, 6.07) is 0. The van der Waals surface area contributed by atoms with Gasteiger partial charge in [0.1, 0.15) is 0 Å². The van der Waals surface area contributed by atoms with Gasteiger partial charge in [-0.25, -0.2) is 0 Å². The Kier molecular flexibility index (Phi) is 5.08. The van der Waals surface area contributed by atoms with E-state index < -0.39 is 17.7 Å². The molecule has 108 valence electrons. The van der Waals surface area contributed by atoms with Gasteiger partial charge in [0, 0.05) is 6.42 Å². The number of hydrogen-bond acceptors (Lipinski definition) is 5. The maximum absolute atomic E-state index is 12.2. The van der Waals surface area contributed by atoms with Crippen molar-refractivity contribution >= 4 is 0 Å². The van der Waals surface area contributed by atoms with Crippen molar-refractivity contribution in [3.05, 3.63) is 0 Å². The molecule has 0 aliphatic heterocycles. The Morgan fingerprint density at radius 2 is 1.50 bits per heavy atom. The first-order chi connectivity index (χ1) is 8.11. The van der Waals surface area contributed by atoms with Crippen LogP contribution in [0.3, 0.4) is 0 Å². The lowest BCUT2D eigenvalue weighted by atomic mass is 9.92. The molecule has 6 heteroatoms. The van der Waals surface area contributed by atoms with Gasteiger partial charge in [-0.05, 0) is 45.1 Å². The molecule has 1 saturated carbocycles. The van der Waals surface area contributed by atoms with Crippen molar-refractivity contribution in [2.75, 3.05) is 0 Å². The average Bonchev–Trinajstić information content (AvgIpc) is 2.12. The molecule has 5 nitrogen and oxygen atoms in total. The molecule has 0 spiro atoms. The molecule has 2 N–H and O–H groups in total. The Morgan fingerprint density at radius 3 is 1.94 bits per heavy atom. The standard InChI is InChI=1S/C12H23FO5/c1-11(2,15)16-9-5-8(14)6-10(7-9)17-12(3,4)18-13/h8-10,14-15H,5-7H2,1-4H3. The molecular formula is C12H23FO5. The Hall–Kier alpha value is -0.270. The quantitative estimate of drug-likeness (QED) is 0.741. The van der Waals surface area contributed by atoms with Crippen molar-refractivity contribution in [3.63, 3.8) is 0 Å². The van der Waals surface area contributed by atoms with E-state index in [2.05, 4.69) is 4.94 Å². The number of hydrogen-bond donors (Lipinski definition) is 2. The second kappa shape index (κ2) is 5.79. The minimum atomic E-state index is -1.35. The number of aliphatic hydroxyl groups excluding tert-OH is 1. The number of halogens is 1. The first-order valence-electron chi connectivity index (χ1n) is 6.17. The molecule has 1 aliphatic rings. The Balaban J connectivity index is 2.56. The number of ether oxygens (including phenoxy) is 2. The van der Waals surface area contributed by atoms with E-state index in [9.17, 15) is 14.7 Å². The molecular weight excluding hydrogens is 243 g/mol. The van der Waals surface area contributed by atoms with Crippen LogP contribution in [0.1, 0.15) is 47.0 Å². The van der Waals surface area contributed by atoms with E-state index in [1.807, 2.05) is 0 Å². The first-order valence-corrected chi connectivity index (χ1v) is 6.17. The number of rotatable bonds is 5. The van der Waals surface area contributed by atoms with Crippen LogP contribution in [0.5, 0.6) is 0 Å². The van der Waals surface area contributed by atoms with Crippen LogP contribution >= 0.6 is 0 Å². The van der Waals surface area contributed by atoms with Crippen LogP contribution < -0.4 is 0 Å². The summed E-state index contributed by atoms with van der Waals surface area (Å²) in [5, 5.41) is 19.3. The van der Waals surface area contributed by atoms with Crippen LogP contribution in [0.25, 0.3) is 0 Å². The largest absolute Gasteiger partial charge is 0.393 e. The van der Waals surface area contributed by atoms with Crippen LogP contribution in [0.4, 0.5) is 4.53 Å². The summed E-state index contributed by atoms with van der Waals surface area (Å²) >= 11 is 0. The lowest BCUT2D eigenvalue weighted by molar-refractivity contribution is -0.348. The van der Waals surface area contributed by atoms with Crippen molar-refractivity contribution in [1.82, 2.24) is 0 Å². The van der Waals surface area contributed by atoms with Gasteiger partial charge in [0.05, 0.1) is 18.3 Å². The van der Waals surface area contributed by atoms with Crippen LogP contribution in [0, 0.1) is 0 Å². The summed E-state index contributed by atoms with van der Waals surface area (Å²) in [5.41, 5.74) is 0. The second-order valence-electron chi connectivity index (χ2n) is 5.76. The average molecular weight is 266 g/mol. The van der Waals surface area contributed by atoms with Crippen LogP contribution in [-0.2, 0) is 14.4 Å². The SMILES string of the molecule is CC(C)(O)OC1CC(O)CC(OC(C)(C)OF)C1. The smallest absolute Gasteiger partial charge is 0.201 e. The maximum Gasteiger partial charge on any atom is 0.201 e. The van der Waals surface area contributed by atoms with Crippen molar-refractivity contribution in [2.24, 2.45) is 0 Å². The molecule has 0 aromatic rings. The van der Waals surface area contributed by atoms with E-state index in [4.69, 9.17) is 9.47 Å². The van der Waals surface area contributed by atoms with Gasteiger partial charge < -0.3 is 19.7 Å². The highest BCUT2D eigenvalue weighted by molar-refractivity contribution is 4.81. The van der Waals surface area contributed by atoms with Gasteiger partial charge in [-0.2, -0.15) is 4.94 Å². The molecule has 1 fully saturated rings. The van der Waals surface area contributed by atoms with E-state index in [1.54, 1.807) is 0 Å². The van der Waals surface area contributed by atoms with E-state index in [-0.39, 0.29) is 12.2 Å². The third-order valence-electron chi connectivity index (χ3n) is 2.69. The van der Waals surface area contributed by atoms with Crippen molar-refractivity contribution in [3.8, 4) is 0 Å². The highest BCUT2D eigenvalue weighted by atomic mass is 19.3. The Bertz CT molecular complexity index is 264. The topological polar surface area (TPSA) is 68.2 Å². The van der Waals surface area contributed by atoms with E-state index in [1.165, 1.54) is 27.7 Å². The van der Waals surface area contributed by atoms with Gasteiger partial charge in [-0.3, -0.25) is 0 Å². The lowest BCUT2D eigenvalue weighted by Crippen LogP contribution is -2.43. The summed E-state index contributed by atoms with van der Waals surface area (Å²) < 4.78 is 23.1. The predicted molar refractivity (Wildman–Crippen MR) is 62.2 cm³/mol. The Labute approximate surface area is 107 Å². The molecule has 3 atom stereocenters. The lowest BCUT2D eigenvalue weighted by Gasteiger charge is -2.37. The molecule has 0 saturated heterocycles. The number of aliphatic hydroxyl groups is 2. The maximum atomic E-state index is 12.2. The van der Waals surface area contributed by atoms with E-state index in [0.29, 0.717) is 19.3 Å². The van der Waals surface area contributed by atoms with Crippen LogP contribution in [0.2, 0.25) is 0 Å². The molecule has 1 rings (SSSR count). The molecule has 3 unspecified atom stereocenters. The molecule has 0 heterocycles. The zero-order chi connectivity index (χ0) is 14.0. The second-order valence-corrected chi connectivity index (χ2v) is 5.76. The molecule has 1 aliphatic carbocycles. The third kappa shape index (κ3) is 5.58. The van der Waals surface area contributed by atoms with Gasteiger partial charge in [0.25, 0.3) is 0 Å². The summed E-state index contributed by atoms with van der Waals surface area (Å²) in [6.07, 6.45) is 0.0279. The molecule has 0 amide bonds. The fraction of sp³-hybridized carbons (Fsp3) is 1.00. The molecule has 18 heavy (non-hydrogen) atoms. The summed E-state index contributed by atoms with van der Waals surface area (Å²) in [6.45, 7) is 5.97. The Morgan fingerprint density at radius 1 is 1.00 bits per heavy atom. The van der Waals surface area contributed by atoms with Crippen LogP contribution in [0.15, 0.2) is 0 Å². The predicted octanol–water partition coefficient (Wildman–Crippen LogP) is 1.67. The van der Waals surface area contributed by atoms with Gasteiger partial charge in [-0.1, -0.05) is 0 Å². The van der Waals surface area contributed by atoms with Crippen LogP contribution in [-0.4, -0.2) is 40.1 Å². The first kappa shape index (κ1) is 15.8. The minimum absolute atomic E-state index is 0.325. The molecule has 0 radical (unpaired) electrons. The zero-order valence-corrected chi connectivity index (χ0v) is 11.4. The highest BCUT2D eigenvalue weighted by Crippen LogP contribution is 2.29. The van der Waals surface area contributed by atoms with Gasteiger partial charge in [0.15, 0.2) is 5.79 Å². The molecule has 0 bridgehead atoms. The highest BCUT2D eigenvalue weighted by Gasteiger charge is 2.35. The normalized spacial score (nSPS) is 30.5. The summed E-state index contributed by atoms with van der Waals surface area (Å²) in [7, 11) is 0. The van der Waals surface area contributed by atoms with Gasteiger partial charge in [-0.15, -0.1) is 0 Å². The summed E-state index contributed by atoms with van der Waals surface area (Å²) in [5.74, 6) is -2.61. The monoisotopic (exact) mass is 266 g/mol.